The van der Waals surface area contributed by atoms with Crippen LogP contribution in [-0.4, -0.2) is 32.2 Å². The van der Waals surface area contributed by atoms with Crippen molar-refractivity contribution in [3.8, 4) is 0 Å². The highest BCUT2D eigenvalue weighted by Crippen LogP contribution is 2.00. The van der Waals surface area contributed by atoms with Crippen LogP contribution in [0.5, 0.6) is 0 Å². The molecule has 0 amide bonds. The SMILES string of the molecule is C=C(N)/C=C\C(=C)N(C)CCOC. The van der Waals surface area contributed by atoms with Crippen LogP contribution in [0.3, 0.4) is 0 Å². The van der Waals surface area contributed by atoms with Crippen molar-refractivity contribution in [3.05, 3.63) is 36.7 Å². The van der Waals surface area contributed by atoms with E-state index in [-0.39, 0.29) is 0 Å². The molecule has 0 aromatic carbocycles. The van der Waals surface area contributed by atoms with Crippen molar-refractivity contribution in [2.24, 2.45) is 5.73 Å². The molecule has 0 radical (unpaired) electrons. The highest BCUT2D eigenvalue weighted by Gasteiger charge is 1.96. The van der Waals surface area contributed by atoms with E-state index in [0.29, 0.717) is 12.3 Å². The first-order valence-corrected chi connectivity index (χ1v) is 4.09. The van der Waals surface area contributed by atoms with Gasteiger partial charge in [0.2, 0.25) is 0 Å². The van der Waals surface area contributed by atoms with Gasteiger partial charge < -0.3 is 15.4 Å². The normalized spacial score (nSPS) is 10.3. The lowest BCUT2D eigenvalue weighted by Crippen LogP contribution is -2.20. The molecule has 0 saturated heterocycles. The Kier molecular flexibility index (Phi) is 5.72. The van der Waals surface area contributed by atoms with Crippen LogP contribution in [0.4, 0.5) is 0 Å². The average Bonchev–Trinajstić information content (AvgIpc) is 2.10. The zero-order valence-electron chi connectivity index (χ0n) is 8.42. The summed E-state index contributed by atoms with van der Waals surface area (Å²) in [4.78, 5) is 1.99. The number of likely N-dealkylation sites (N-methyl/N-ethyl adjacent to an activating group) is 1. The third-order valence-corrected chi connectivity index (χ3v) is 1.61. The molecule has 0 aromatic rings. The van der Waals surface area contributed by atoms with Crippen molar-refractivity contribution in [1.29, 1.82) is 0 Å². The lowest BCUT2D eigenvalue weighted by atomic mass is 10.3. The quantitative estimate of drug-likeness (QED) is 0.625. The molecule has 3 heteroatoms. The minimum atomic E-state index is 0.529. The van der Waals surface area contributed by atoms with Crippen molar-refractivity contribution in [2.45, 2.75) is 0 Å². The minimum Gasteiger partial charge on any atom is -0.399 e. The standard InChI is InChI=1S/C10H18N2O/c1-9(11)5-6-10(2)12(3)7-8-13-4/h5-6H,1-2,7-8,11H2,3-4H3/b6-5-. The summed E-state index contributed by atoms with van der Waals surface area (Å²) in [6.45, 7) is 8.93. The summed E-state index contributed by atoms with van der Waals surface area (Å²) in [5.41, 5.74) is 6.80. The first-order valence-electron chi connectivity index (χ1n) is 4.09. The Labute approximate surface area is 80.2 Å². The molecule has 0 aliphatic heterocycles. The number of nitrogens with zero attached hydrogens (tertiary/aromatic N) is 1. The largest absolute Gasteiger partial charge is 0.399 e. The number of ether oxygens (including phenoxy) is 1. The highest BCUT2D eigenvalue weighted by molar-refractivity contribution is 5.21. The van der Waals surface area contributed by atoms with Gasteiger partial charge in [-0.1, -0.05) is 13.2 Å². The van der Waals surface area contributed by atoms with Gasteiger partial charge in [0.05, 0.1) is 6.61 Å². The number of hydrogen-bond acceptors (Lipinski definition) is 3. The zero-order valence-corrected chi connectivity index (χ0v) is 8.42. The molecule has 74 valence electrons. The van der Waals surface area contributed by atoms with Crippen LogP contribution in [0.15, 0.2) is 36.7 Å². The maximum absolute atomic E-state index is 5.38. The van der Waals surface area contributed by atoms with Crippen molar-refractivity contribution < 1.29 is 4.74 Å². The second-order valence-corrected chi connectivity index (χ2v) is 2.81. The van der Waals surface area contributed by atoms with Gasteiger partial charge in [-0.2, -0.15) is 0 Å². The average molecular weight is 182 g/mol. The molecule has 0 saturated carbocycles. The molecule has 0 aliphatic carbocycles. The Morgan fingerprint density at radius 1 is 1.46 bits per heavy atom. The summed E-state index contributed by atoms with van der Waals surface area (Å²) in [6.07, 6.45) is 3.56. The Morgan fingerprint density at radius 2 is 2.08 bits per heavy atom. The van der Waals surface area contributed by atoms with Gasteiger partial charge in [0.1, 0.15) is 0 Å². The second kappa shape index (κ2) is 6.31. The lowest BCUT2D eigenvalue weighted by Gasteiger charge is -2.18. The van der Waals surface area contributed by atoms with Crippen LogP contribution in [0.2, 0.25) is 0 Å². The van der Waals surface area contributed by atoms with E-state index in [9.17, 15) is 0 Å². The maximum atomic E-state index is 5.38. The fraction of sp³-hybridized carbons (Fsp3) is 0.400. The third-order valence-electron chi connectivity index (χ3n) is 1.61. The Bertz CT molecular complexity index is 209. The number of methoxy groups -OCH3 is 1. The summed E-state index contributed by atoms with van der Waals surface area (Å²) in [6, 6.07) is 0. The van der Waals surface area contributed by atoms with Crippen LogP contribution < -0.4 is 5.73 Å². The van der Waals surface area contributed by atoms with Gasteiger partial charge >= 0.3 is 0 Å². The van der Waals surface area contributed by atoms with Gasteiger partial charge in [-0.05, 0) is 12.2 Å². The molecule has 0 bridgehead atoms. The maximum Gasteiger partial charge on any atom is 0.0637 e. The molecule has 0 aliphatic rings. The van der Waals surface area contributed by atoms with Crippen LogP contribution >= 0.6 is 0 Å². The smallest absolute Gasteiger partial charge is 0.0637 e. The lowest BCUT2D eigenvalue weighted by molar-refractivity contribution is 0.175. The van der Waals surface area contributed by atoms with E-state index in [4.69, 9.17) is 10.5 Å². The predicted molar refractivity (Wildman–Crippen MR) is 56.1 cm³/mol. The molecule has 0 rings (SSSR count). The van der Waals surface area contributed by atoms with Gasteiger partial charge in [0.15, 0.2) is 0 Å². The summed E-state index contributed by atoms with van der Waals surface area (Å²) in [5, 5.41) is 0. The molecule has 0 unspecified atom stereocenters. The summed E-state index contributed by atoms with van der Waals surface area (Å²) in [7, 11) is 3.62. The van der Waals surface area contributed by atoms with E-state index >= 15 is 0 Å². The fourth-order valence-corrected chi connectivity index (χ4v) is 0.702. The molecule has 13 heavy (non-hydrogen) atoms. The van der Waals surface area contributed by atoms with Gasteiger partial charge in [-0.15, -0.1) is 0 Å². The number of allylic oxidation sites excluding steroid dienone is 2. The van der Waals surface area contributed by atoms with Crippen molar-refractivity contribution >= 4 is 0 Å². The van der Waals surface area contributed by atoms with Gasteiger partial charge in [-0.25, -0.2) is 0 Å². The van der Waals surface area contributed by atoms with E-state index in [1.165, 1.54) is 0 Å². The Hall–Kier alpha value is -1.22. The topological polar surface area (TPSA) is 38.5 Å². The van der Waals surface area contributed by atoms with Gasteiger partial charge in [-0.3, -0.25) is 0 Å². The van der Waals surface area contributed by atoms with Crippen LogP contribution in [0, 0.1) is 0 Å². The first kappa shape index (κ1) is 11.8. The summed E-state index contributed by atoms with van der Waals surface area (Å²) in [5.74, 6) is 0. The molecule has 0 aromatic heterocycles. The summed E-state index contributed by atoms with van der Waals surface area (Å²) >= 11 is 0. The van der Waals surface area contributed by atoms with Crippen LogP contribution in [0.1, 0.15) is 0 Å². The van der Waals surface area contributed by atoms with Crippen LogP contribution in [0.25, 0.3) is 0 Å². The molecule has 0 atom stereocenters. The molecule has 0 heterocycles. The van der Waals surface area contributed by atoms with E-state index in [0.717, 1.165) is 12.2 Å². The van der Waals surface area contributed by atoms with E-state index in [1.54, 1.807) is 13.2 Å². The molecular weight excluding hydrogens is 164 g/mol. The molecule has 0 fully saturated rings. The van der Waals surface area contributed by atoms with Crippen LogP contribution in [-0.2, 0) is 4.74 Å². The third kappa shape index (κ3) is 5.99. The van der Waals surface area contributed by atoms with Gasteiger partial charge in [0, 0.05) is 32.1 Å². The first-order chi connectivity index (χ1) is 6.07. The Balaban J connectivity index is 3.89. The molecular formula is C10H18N2O. The monoisotopic (exact) mass is 182 g/mol. The summed E-state index contributed by atoms with van der Waals surface area (Å²) < 4.78 is 4.94. The number of rotatable bonds is 6. The van der Waals surface area contributed by atoms with E-state index < -0.39 is 0 Å². The highest BCUT2D eigenvalue weighted by atomic mass is 16.5. The van der Waals surface area contributed by atoms with Gasteiger partial charge in [0.25, 0.3) is 0 Å². The van der Waals surface area contributed by atoms with Crippen molar-refractivity contribution in [3.63, 3.8) is 0 Å². The van der Waals surface area contributed by atoms with E-state index in [1.807, 2.05) is 18.0 Å². The molecule has 3 nitrogen and oxygen atoms in total. The molecule has 0 spiro atoms. The number of nitrogens with two attached hydrogens (primary N) is 1. The Morgan fingerprint density at radius 3 is 2.54 bits per heavy atom. The van der Waals surface area contributed by atoms with E-state index in [2.05, 4.69) is 13.2 Å². The minimum absolute atomic E-state index is 0.529. The van der Waals surface area contributed by atoms with Crippen molar-refractivity contribution in [2.75, 3.05) is 27.3 Å². The van der Waals surface area contributed by atoms with Crippen molar-refractivity contribution in [1.82, 2.24) is 4.90 Å². The fourth-order valence-electron chi connectivity index (χ4n) is 0.702. The zero-order chi connectivity index (χ0) is 10.3. The molecule has 2 N–H and O–H groups in total. The number of hydrogen-bond donors (Lipinski definition) is 1. The predicted octanol–water partition coefficient (Wildman–Crippen LogP) is 1.11. The second-order valence-electron chi connectivity index (χ2n) is 2.81.